The van der Waals surface area contributed by atoms with Crippen LogP contribution in [0.15, 0.2) is 54.2 Å². The summed E-state index contributed by atoms with van der Waals surface area (Å²) in [5, 5.41) is 16.7. The highest BCUT2D eigenvalue weighted by Gasteiger charge is 2.13. The van der Waals surface area contributed by atoms with Crippen LogP contribution in [0, 0.1) is 6.92 Å². The van der Waals surface area contributed by atoms with Crippen LogP contribution in [0.1, 0.15) is 16.7 Å². The van der Waals surface area contributed by atoms with E-state index < -0.39 is 11.8 Å². The van der Waals surface area contributed by atoms with E-state index in [4.69, 9.17) is 11.6 Å². The number of hydrogen-bond donors (Lipinski definition) is 3. The summed E-state index contributed by atoms with van der Waals surface area (Å²) in [7, 11) is 0. The molecule has 2 aromatic carbocycles. The summed E-state index contributed by atoms with van der Waals surface area (Å²) in [6.45, 7) is 5.45. The van der Waals surface area contributed by atoms with Crippen LogP contribution in [0.3, 0.4) is 0 Å². The Balaban J connectivity index is 1.98. The molecular weight excluding hydrogens is 354 g/mol. The molecule has 0 saturated heterocycles. The molecular formula is C19H18ClN3O3. The molecule has 3 N–H and O–H groups in total. The Morgan fingerprint density at radius 3 is 2.73 bits per heavy atom. The van der Waals surface area contributed by atoms with E-state index in [1.54, 1.807) is 42.5 Å². The molecule has 0 unspecified atom stereocenters. The SMILES string of the molecule is C=CCc1cccc(/C=N\NC(=O)C(=O)Nc2ccc(C)c(Cl)c2)c1O. The molecule has 134 valence electrons. The third kappa shape index (κ3) is 4.94. The molecule has 7 heteroatoms. The fraction of sp³-hybridized carbons (Fsp3) is 0.105. The molecule has 0 aromatic heterocycles. The summed E-state index contributed by atoms with van der Waals surface area (Å²) in [6, 6.07) is 10.1. The van der Waals surface area contributed by atoms with Gasteiger partial charge >= 0.3 is 11.8 Å². The first kappa shape index (κ1) is 19.2. The van der Waals surface area contributed by atoms with Crippen LogP contribution in [0.4, 0.5) is 5.69 Å². The quantitative estimate of drug-likeness (QED) is 0.326. The molecule has 0 bridgehead atoms. The molecule has 2 aromatic rings. The van der Waals surface area contributed by atoms with E-state index in [0.717, 1.165) is 5.56 Å². The number of aromatic hydroxyl groups is 1. The fourth-order valence-electron chi connectivity index (χ4n) is 2.11. The number of aryl methyl sites for hydroxylation is 1. The number of carbonyl (C=O) groups is 2. The Bertz CT molecular complexity index is 878. The molecule has 0 aliphatic heterocycles. The van der Waals surface area contributed by atoms with Crippen LogP contribution in [0.2, 0.25) is 5.02 Å². The number of nitrogens with zero attached hydrogens (tertiary/aromatic N) is 1. The van der Waals surface area contributed by atoms with Gasteiger partial charge in [-0.15, -0.1) is 6.58 Å². The number of hydrogen-bond acceptors (Lipinski definition) is 4. The first-order valence-electron chi connectivity index (χ1n) is 7.74. The fourth-order valence-corrected chi connectivity index (χ4v) is 2.29. The van der Waals surface area contributed by atoms with Crippen molar-refractivity contribution in [1.29, 1.82) is 0 Å². The van der Waals surface area contributed by atoms with E-state index >= 15 is 0 Å². The molecule has 2 rings (SSSR count). The van der Waals surface area contributed by atoms with Gasteiger partial charge in [0.2, 0.25) is 0 Å². The van der Waals surface area contributed by atoms with Crippen molar-refractivity contribution in [1.82, 2.24) is 5.43 Å². The molecule has 0 aliphatic rings. The zero-order chi connectivity index (χ0) is 19.1. The predicted octanol–water partition coefficient (Wildman–Crippen LogP) is 3.17. The molecule has 0 radical (unpaired) electrons. The highest BCUT2D eigenvalue weighted by atomic mass is 35.5. The van der Waals surface area contributed by atoms with Crippen molar-refractivity contribution in [2.45, 2.75) is 13.3 Å². The van der Waals surface area contributed by atoms with E-state index in [0.29, 0.717) is 28.3 Å². The normalized spacial score (nSPS) is 10.5. The summed E-state index contributed by atoms with van der Waals surface area (Å²) >= 11 is 5.97. The number of amides is 2. The van der Waals surface area contributed by atoms with Crippen LogP contribution in [0.5, 0.6) is 5.75 Å². The first-order chi connectivity index (χ1) is 12.4. The number of hydrazone groups is 1. The van der Waals surface area contributed by atoms with Gasteiger partial charge in [-0.1, -0.05) is 35.9 Å². The Morgan fingerprint density at radius 1 is 1.27 bits per heavy atom. The van der Waals surface area contributed by atoms with Crippen molar-refractivity contribution in [2.24, 2.45) is 5.10 Å². The van der Waals surface area contributed by atoms with Gasteiger partial charge in [-0.3, -0.25) is 9.59 Å². The number of carbonyl (C=O) groups excluding carboxylic acids is 2. The van der Waals surface area contributed by atoms with Gasteiger partial charge in [0.15, 0.2) is 0 Å². The molecule has 2 amide bonds. The Labute approximate surface area is 156 Å². The van der Waals surface area contributed by atoms with E-state index in [-0.39, 0.29) is 5.75 Å². The molecule has 0 aliphatic carbocycles. The van der Waals surface area contributed by atoms with Crippen LogP contribution >= 0.6 is 11.6 Å². The first-order valence-corrected chi connectivity index (χ1v) is 8.12. The van der Waals surface area contributed by atoms with E-state index in [2.05, 4.69) is 22.4 Å². The average Bonchev–Trinajstić information content (AvgIpc) is 2.61. The molecule has 0 saturated carbocycles. The maximum Gasteiger partial charge on any atom is 0.329 e. The number of phenols is 1. The topological polar surface area (TPSA) is 90.8 Å². The molecule has 6 nitrogen and oxygen atoms in total. The minimum absolute atomic E-state index is 0.0455. The number of para-hydroxylation sites is 1. The van der Waals surface area contributed by atoms with Crippen LogP contribution in [0.25, 0.3) is 0 Å². The molecule has 0 spiro atoms. The minimum Gasteiger partial charge on any atom is -0.507 e. The maximum absolute atomic E-state index is 11.9. The van der Waals surface area contributed by atoms with Crippen molar-refractivity contribution < 1.29 is 14.7 Å². The van der Waals surface area contributed by atoms with Crippen LogP contribution in [-0.4, -0.2) is 23.1 Å². The van der Waals surface area contributed by atoms with Gasteiger partial charge in [-0.05, 0) is 42.7 Å². The van der Waals surface area contributed by atoms with Crippen LogP contribution in [-0.2, 0) is 16.0 Å². The zero-order valence-electron chi connectivity index (χ0n) is 14.1. The molecule has 26 heavy (non-hydrogen) atoms. The molecule has 0 atom stereocenters. The highest BCUT2D eigenvalue weighted by molar-refractivity contribution is 6.39. The largest absolute Gasteiger partial charge is 0.507 e. The smallest absolute Gasteiger partial charge is 0.329 e. The zero-order valence-corrected chi connectivity index (χ0v) is 14.9. The lowest BCUT2D eigenvalue weighted by Gasteiger charge is -2.06. The van der Waals surface area contributed by atoms with Gasteiger partial charge in [0.25, 0.3) is 0 Å². The second kappa shape index (κ2) is 8.82. The number of halogens is 1. The summed E-state index contributed by atoms with van der Waals surface area (Å²) in [6.07, 6.45) is 3.43. The summed E-state index contributed by atoms with van der Waals surface area (Å²) in [5.41, 5.74) is 4.47. The monoisotopic (exact) mass is 371 g/mol. The Hall–Kier alpha value is -3.12. The van der Waals surface area contributed by atoms with Gasteiger partial charge in [0, 0.05) is 16.3 Å². The standard InChI is InChI=1S/C19H18ClN3O3/c1-3-5-13-6-4-7-14(17(13)24)11-21-23-19(26)18(25)22-15-9-8-12(2)16(20)10-15/h3-4,6-11,24H,1,5H2,2H3,(H,22,25)(H,23,26)/b21-11-. The lowest BCUT2D eigenvalue weighted by atomic mass is 10.1. The highest BCUT2D eigenvalue weighted by Crippen LogP contribution is 2.21. The van der Waals surface area contributed by atoms with E-state index in [9.17, 15) is 14.7 Å². The van der Waals surface area contributed by atoms with Gasteiger partial charge in [0.05, 0.1) is 6.21 Å². The number of benzene rings is 2. The van der Waals surface area contributed by atoms with E-state index in [1.807, 2.05) is 6.92 Å². The second-order valence-corrected chi connectivity index (χ2v) is 5.87. The number of phenolic OH excluding ortho intramolecular Hbond substituents is 1. The second-order valence-electron chi connectivity index (χ2n) is 5.46. The van der Waals surface area contributed by atoms with Gasteiger partial charge in [-0.25, -0.2) is 5.43 Å². The summed E-state index contributed by atoms with van der Waals surface area (Å²) in [5.74, 6) is -1.78. The lowest BCUT2D eigenvalue weighted by molar-refractivity contribution is -0.136. The number of anilines is 1. The number of rotatable bonds is 5. The van der Waals surface area contributed by atoms with Crippen LogP contribution < -0.4 is 10.7 Å². The van der Waals surface area contributed by atoms with E-state index in [1.165, 1.54) is 6.21 Å². The number of nitrogens with one attached hydrogen (secondary N) is 2. The van der Waals surface area contributed by atoms with Crippen molar-refractivity contribution in [3.63, 3.8) is 0 Å². The summed E-state index contributed by atoms with van der Waals surface area (Å²) in [4.78, 5) is 23.7. The van der Waals surface area contributed by atoms with Crippen molar-refractivity contribution in [3.8, 4) is 5.75 Å². The van der Waals surface area contributed by atoms with Crippen molar-refractivity contribution >= 4 is 35.3 Å². The van der Waals surface area contributed by atoms with Crippen molar-refractivity contribution in [2.75, 3.05) is 5.32 Å². The Kier molecular flexibility index (Phi) is 6.52. The summed E-state index contributed by atoms with van der Waals surface area (Å²) < 4.78 is 0. The third-order valence-electron chi connectivity index (χ3n) is 3.52. The third-order valence-corrected chi connectivity index (χ3v) is 3.93. The Morgan fingerprint density at radius 2 is 2.04 bits per heavy atom. The predicted molar refractivity (Wildman–Crippen MR) is 103 cm³/mol. The lowest BCUT2D eigenvalue weighted by Crippen LogP contribution is -2.32. The number of allylic oxidation sites excluding steroid dienone is 1. The molecule has 0 fully saturated rings. The van der Waals surface area contributed by atoms with Gasteiger partial charge < -0.3 is 10.4 Å². The van der Waals surface area contributed by atoms with Gasteiger partial charge in [-0.2, -0.15) is 5.10 Å². The average molecular weight is 372 g/mol. The van der Waals surface area contributed by atoms with Gasteiger partial charge in [0.1, 0.15) is 5.75 Å². The van der Waals surface area contributed by atoms with Crippen molar-refractivity contribution in [3.05, 3.63) is 70.8 Å². The maximum atomic E-state index is 11.9. The molecule has 0 heterocycles. The minimum atomic E-state index is -0.945.